The van der Waals surface area contributed by atoms with E-state index >= 15 is 0 Å². The van der Waals surface area contributed by atoms with Crippen molar-refractivity contribution in [2.45, 2.75) is 19.3 Å². The number of nitrogens with one attached hydrogen (secondary N) is 1. The van der Waals surface area contributed by atoms with Gasteiger partial charge in [0.15, 0.2) is 5.85 Å². The number of rotatable bonds is 5. The van der Waals surface area contributed by atoms with Crippen molar-refractivity contribution in [2.75, 3.05) is 6.54 Å². The molecule has 0 amide bonds. The van der Waals surface area contributed by atoms with Crippen molar-refractivity contribution in [2.24, 2.45) is 0 Å². The van der Waals surface area contributed by atoms with Gasteiger partial charge in [-0.25, -0.2) is 0 Å². The van der Waals surface area contributed by atoms with Gasteiger partial charge in [0, 0.05) is 31.4 Å². The fourth-order valence-electron chi connectivity index (χ4n) is 1.90. The zero-order chi connectivity index (χ0) is 14.6. The van der Waals surface area contributed by atoms with Crippen LogP contribution in [0.5, 0.6) is 0 Å². The maximum absolute atomic E-state index is 10.6. The second-order valence-electron chi connectivity index (χ2n) is 4.72. The topological polar surface area (TPSA) is 78.6 Å². The Morgan fingerprint density at radius 1 is 1.40 bits per heavy atom. The molecule has 0 radical (unpaired) electrons. The van der Waals surface area contributed by atoms with E-state index in [2.05, 4.69) is 5.32 Å². The molecule has 0 saturated heterocycles. The first-order valence-corrected chi connectivity index (χ1v) is 6.30. The smallest absolute Gasteiger partial charge is 0.269 e. The van der Waals surface area contributed by atoms with E-state index in [0.29, 0.717) is 13.1 Å². The molecular weight excluding hydrogens is 258 g/mol. The van der Waals surface area contributed by atoms with Gasteiger partial charge in [0.2, 0.25) is 0 Å². The molecule has 0 fully saturated rings. The highest BCUT2D eigenvalue weighted by Gasteiger charge is 2.25. The lowest BCUT2D eigenvalue weighted by Gasteiger charge is -2.37. The number of nitro benzene ring substituents is 1. The van der Waals surface area contributed by atoms with Gasteiger partial charge in [0.1, 0.15) is 0 Å². The predicted molar refractivity (Wildman–Crippen MR) is 75.5 cm³/mol. The third-order valence-electron chi connectivity index (χ3n) is 3.15. The highest BCUT2D eigenvalue weighted by atomic mass is 16.6. The van der Waals surface area contributed by atoms with Crippen LogP contribution in [-0.4, -0.2) is 27.3 Å². The summed E-state index contributed by atoms with van der Waals surface area (Å²) < 4.78 is 0. The summed E-state index contributed by atoms with van der Waals surface area (Å²) in [6, 6.07) is 6.25. The van der Waals surface area contributed by atoms with Crippen LogP contribution >= 0.6 is 0 Å². The van der Waals surface area contributed by atoms with E-state index in [9.17, 15) is 15.2 Å². The normalized spacial score (nSPS) is 17.0. The average molecular weight is 275 g/mol. The number of non-ortho nitro benzene ring substituents is 1. The molecule has 6 nitrogen and oxygen atoms in total. The number of allylic oxidation sites excluding steroid dienone is 2. The van der Waals surface area contributed by atoms with Crippen molar-refractivity contribution in [3.05, 3.63) is 64.4 Å². The summed E-state index contributed by atoms with van der Waals surface area (Å²) in [5.74, 6) is -1.18. The van der Waals surface area contributed by atoms with Gasteiger partial charge in [-0.1, -0.05) is 24.3 Å². The van der Waals surface area contributed by atoms with Crippen LogP contribution in [0.25, 0.3) is 0 Å². The Balaban J connectivity index is 1.95. The number of aliphatic hydroxyl groups is 1. The van der Waals surface area contributed by atoms with Gasteiger partial charge in [-0.2, -0.15) is 0 Å². The van der Waals surface area contributed by atoms with Crippen molar-refractivity contribution in [1.82, 2.24) is 10.2 Å². The molecule has 2 N–H and O–H groups in total. The molecule has 2 rings (SSSR count). The molecule has 0 saturated carbocycles. The van der Waals surface area contributed by atoms with Crippen LogP contribution in [0.3, 0.4) is 0 Å². The molecule has 0 aromatic heterocycles. The molecule has 6 heteroatoms. The third-order valence-corrected chi connectivity index (χ3v) is 3.15. The summed E-state index contributed by atoms with van der Waals surface area (Å²) in [7, 11) is 0. The molecule has 1 aromatic rings. The molecular formula is C14H17N3O3. The Kier molecular flexibility index (Phi) is 4.16. The summed E-state index contributed by atoms with van der Waals surface area (Å²) in [5, 5.41) is 24.0. The Bertz CT molecular complexity index is 535. The van der Waals surface area contributed by atoms with E-state index in [1.807, 2.05) is 24.4 Å². The summed E-state index contributed by atoms with van der Waals surface area (Å²) in [4.78, 5) is 11.9. The zero-order valence-electron chi connectivity index (χ0n) is 11.2. The Labute approximate surface area is 117 Å². The minimum absolute atomic E-state index is 0.0598. The van der Waals surface area contributed by atoms with Gasteiger partial charge in [0.05, 0.1) is 4.92 Å². The van der Waals surface area contributed by atoms with E-state index < -0.39 is 10.8 Å². The lowest BCUT2D eigenvalue weighted by molar-refractivity contribution is -0.384. The van der Waals surface area contributed by atoms with E-state index in [1.54, 1.807) is 24.0 Å². The van der Waals surface area contributed by atoms with Crippen LogP contribution < -0.4 is 5.32 Å². The van der Waals surface area contributed by atoms with Crippen LogP contribution in [0, 0.1) is 10.1 Å². The molecule has 0 aliphatic carbocycles. The summed E-state index contributed by atoms with van der Waals surface area (Å²) in [6.07, 6.45) is 7.53. The standard InChI is InChI=1S/C14H17N3O3/c1-14(18,16-9-3-2-4-10-16)15-11-12-5-7-13(8-6-12)17(19)20/h2-9,15,18H,10-11H2,1H3. The first-order valence-electron chi connectivity index (χ1n) is 6.30. The Morgan fingerprint density at radius 3 is 2.65 bits per heavy atom. The highest BCUT2D eigenvalue weighted by Crippen LogP contribution is 2.15. The fourth-order valence-corrected chi connectivity index (χ4v) is 1.90. The van der Waals surface area contributed by atoms with E-state index in [0.717, 1.165) is 5.56 Å². The molecule has 106 valence electrons. The van der Waals surface area contributed by atoms with Gasteiger partial charge in [-0.3, -0.25) is 15.4 Å². The molecule has 0 spiro atoms. The van der Waals surface area contributed by atoms with Crippen molar-refractivity contribution in [3.8, 4) is 0 Å². The fraction of sp³-hybridized carbons (Fsp3) is 0.286. The van der Waals surface area contributed by atoms with Crippen LogP contribution in [0.1, 0.15) is 12.5 Å². The number of benzene rings is 1. The third kappa shape index (κ3) is 3.43. The van der Waals surface area contributed by atoms with Crippen molar-refractivity contribution in [1.29, 1.82) is 0 Å². The van der Waals surface area contributed by atoms with E-state index in [1.165, 1.54) is 12.1 Å². The van der Waals surface area contributed by atoms with Gasteiger partial charge in [-0.15, -0.1) is 0 Å². The summed E-state index contributed by atoms with van der Waals surface area (Å²) >= 11 is 0. The van der Waals surface area contributed by atoms with E-state index in [4.69, 9.17) is 0 Å². The Morgan fingerprint density at radius 2 is 2.10 bits per heavy atom. The van der Waals surface area contributed by atoms with Crippen molar-refractivity contribution in [3.63, 3.8) is 0 Å². The molecule has 0 bridgehead atoms. The summed E-state index contributed by atoms with van der Waals surface area (Å²) in [5.41, 5.74) is 0.928. The number of nitrogens with zero attached hydrogens (tertiary/aromatic N) is 2. The molecule has 1 atom stereocenters. The maximum Gasteiger partial charge on any atom is 0.269 e. The predicted octanol–water partition coefficient (Wildman–Crippen LogP) is 1.74. The van der Waals surface area contributed by atoms with Gasteiger partial charge >= 0.3 is 0 Å². The van der Waals surface area contributed by atoms with Gasteiger partial charge in [-0.05, 0) is 18.6 Å². The van der Waals surface area contributed by atoms with Crippen LogP contribution in [0.4, 0.5) is 5.69 Å². The van der Waals surface area contributed by atoms with Gasteiger partial charge < -0.3 is 10.0 Å². The van der Waals surface area contributed by atoms with Crippen LogP contribution in [0.2, 0.25) is 0 Å². The monoisotopic (exact) mass is 275 g/mol. The minimum Gasteiger partial charge on any atom is -0.359 e. The Hall–Kier alpha value is -2.18. The first-order chi connectivity index (χ1) is 9.49. The quantitative estimate of drug-likeness (QED) is 0.486. The minimum atomic E-state index is -1.18. The lowest BCUT2D eigenvalue weighted by atomic mass is 10.2. The molecule has 1 heterocycles. The summed E-state index contributed by atoms with van der Waals surface area (Å²) in [6.45, 7) is 2.71. The van der Waals surface area contributed by atoms with Crippen LogP contribution in [0.15, 0.2) is 48.7 Å². The zero-order valence-corrected chi connectivity index (χ0v) is 11.2. The molecule has 1 aromatic carbocycles. The first kappa shape index (κ1) is 14.2. The largest absolute Gasteiger partial charge is 0.359 e. The maximum atomic E-state index is 10.6. The SMILES string of the molecule is CC(O)(NCc1ccc([N+](=O)[O-])cc1)N1C=CC=CC1. The van der Waals surface area contributed by atoms with Crippen molar-refractivity contribution >= 4 is 5.69 Å². The second-order valence-corrected chi connectivity index (χ2v) is 4.72. The number of nitro groups is 1. The van der Waals surface area contributed by atoms with Crippen molar-refractivity contribution < 1.29 is 10.0 Å². The average Bonchev–Trinajstić information content (AvgIpc) is 2.46. The van der Waals surface area contributed by atoms with E-state index in [-0.39, 0.29) is 5.69 Å². The molecule has 1 aliphatic rings. The molecule has 20 heavy (non-hydrogen) atoms. The second kappa shape index (κ2) is 5.85. The number of hydrogen-bond donors (Lipinski definition) is 2. The number of hydrogen-bond acceptors (Lipinski definition) is 5. The highest BCUT2D eigenvalue weighted by molar-refractivity contribution is 5.32. The van der Waals surface area contributed by atoms with Gasteiger partial charge in [0.25, 0.3) is 5.69 Å². The lowest BCUT2D eigenvalue weighted by Crippen LogP contribution is -2.54. The molecule has 1 unspecified atom stereocenters. The molecule has 1 aliphatic heterocycles. The van der Waals surface area contributed by atoms with Crippen LogP contribution in [-0.2, 0) is 6.54 Å².